The van der Waals surface area contributed by atoms with Gasteiger partial charge >= 0.3 is 0 Å². The first-order valence-corrected chi connectivity index (χ1v) is 6.22. The smallest absolute Gasteiger partial charge is 0.273 e. The van der Waals surface area contributed by atoms with Gasteiger partial charge in [-0.25, -0.2) is 0 Å². The highest BCUT2D eigenvalue weighted by Gasteiger charge is 2.12. The fraction of sp³-hybridized carbons (Fsp3) is 0.0769. The third-order valence-corrected chi connectivity index (χ3v) is 2.97. The number of benzene rings is 1. The number of nitrogens with one attached hydrogen (secondary N) is 1. The zero-order chi connectivity index (χ0) is 15.4. The van der Waals surface area contributed by atoms with E-state index < -0.39 is 4.92 Å². The number of hydrogen-bond donors (Lipinski definition) is 2. The van der Waals surface area contributed by atoms with Crippen molar-refractivity contribution < 1.29 is 9.66 Å². The number of rotatable bonds is 5. The summed E-state index contributed by atoms with van der Waals surface area (Å²) < 4.78 is 5.48. The topological polar surface area (TPSA) is 115 Å². The van der Waals surface area contributed by atoms with Crippen molar-refractivity contribution in [3.63, 3.8) is 0 Å². The van der Waals surface area contributed by atoms with Gasteiger partial charge in [0.1, 0.15) is 23.9 Å². The molecule has 0 atom stereocenters. The van der Waals surface area contributed by atoms with Crippen LogP contribution in [0, 0.1) is 15.5 Å². The molecule has 0 spiro atoms. The van der Waals surface area contributed by atoms with Gasteiger partial charge in [0.05, 0.1) is 16.0 Å². The van der Waals surface area contributed by atoms with Crippen molar-refractivity contribution >= 4 is 23.1 Å². The molecule has 0 saturated heterocycles. The maximum Gasteiger partial charge on any atom is 0.273 e. The summed E-state index contributed by atoms with van der Waals surface area (Å²) >= 11 is 5.94. The van der Waals surface area contributed by atoms with Gasteiger partial charge in [-0.3, -0.25) is 20.5 Å². The molecule has 0 fully saturated rings. The predicted octanol–water partition coefficient (Wildman–Crippen LogP) is 2.51. The first-order valence-electron chi connectivity index (χ1n) is 5.84. The van der Waals surface area contributed by atoms with E-state index in [1.165, 1.54) is 24.4 Å². The van der Waals surface area contributed by atoms with Gasteiger partial charge < -0.3 is 10.5 Å². The maximum atomic E-state index is 10.7. The van der Waals surface area contributed by atoms with E-state index in [1.807, 2.05) is 0 Å². The molecule has 1 aromatic carbocycles. The average molecular weight is 307 g/mol. The number of amidine groups is 1. The average Bonchev–Trinajstić information content (AvgIpc) is 2.46. The van der Waals surface area contributed by atoms with Gasteiger partial charge in [-0.1, -0.05) is 17.7 Å². The zero-order valence-electron chi connectivity index (χ0n) is 10.7. The number of hydrogen-bond acceptors (Lipinski definition) is 5. The van der Waals surface area contributed by atoms with Gasteiger partial charge in [0, 0.05) is 17.8 Å². The molecule has 2 rings (SSSR count). The molecule has 0 radical (unpaired) electrons. The Labute approximate surface area is 125 Å². The van der Waals surface area contributed by atoms with Gasteiger partial charge in [-0.05, 0) is 12.1 Å². The van der Waals surface area contributed by atoms with Crippen molar-refractivity contribution in [3.05, 3.63) is 62.9 Å². The molecule has 0 unspecified atom stereocenters. The maximum absolute atomic E-state index is 10.7. The van der Waals surface area contributed by atoms with Gasteiger partial charge in [-0.2, -0.15) is 0 Å². The molecule has 1 aromatic heterocycles. The number of non-ortho nitro benzene ring substituents is 1. The number of pyridine rings is 1. The zero-order valence-corrected chi connectivity index (χ0v) is 11.5. The molecule has 1 heterocycles. The second-order valence-corrected chi connectivity index (χ2v) is 4.49. The highest BCUT2D eigenvalue weighted by molar-refractivity contribution is 6.32. The highest BCUT2D eigenvalue weighted by Crippen LogP contribution is 2.29. The lowest BCUT2D eigenvalue weighted by Gasteiger charge is -2.10. The van der Waals surface area contributed by atoms with Crippen LogP contribution in [0.25, 0.3) is 0 Å². The molecule has 0 aliphatic rings. The van der Waals surface area contributed by atoms with Crippen molar-refractivity contribution in [3.8, 4) is 5.75 Å². The minimum Gasteiger partial charge on any atom is -0.487 e. The number of nitro benzene ring substituents is 1. The van der Waals surface area contributed by atoms with E-state index in [4.69, 9.17) is 27.5 Å². The monoisotopic (exact) mass is 306 g/mol. The second-order valence-electron chi connectivity index (χ2n) is 4.09. The van der Waals surface area contributed by atoms with E-state index in [1.54, 1.807) is 12.1 Å². The molecule has 0 amide bonds. The third kappa shape index (κ3) is 3.46. The standard InChI is InChI=1S/C13H11ClN4O3/c14-10-4-3-9(18(19)20)6-11(10)21-7-8-2-1-5-17-12(8)13(15)16/h1-6H,7H2,(H3,15,16). The number of nitrogens with zero attached hydrogens (tertiary/aromatic N) is 2. The lowest BCUT2D eigenvalue weighted by molar-refractivity contribution is -0.384. The van der Waals surface area contributed by atoms with E-state index in [2.05, 4.69) is 4.98 Å². The first-order chi connectivity index (χ1) is 9.99. The summed E-state index contributed by atoms with van der Waals surface area (Å²) in [7, 11) is 0. The predicted molar refractivity (Wildman–Crippen MR) is 77.7 cm³/mol. The SMILES string of the molecule is N=C(N)c1ncccc1COc1cc([N+](=O)[O-])ccc1Cl. The Kier molecular flexibility index (Phi) is 4.34. The molecule has 2 aromatic rings. The number of halogens is 1. The molecule has 7 nitrogen and oxygen atoms in total. The van der Waals surface area contributed by atoms with Crippen LogP contribution in [-0.2, 0) is 6.61 Å². The fourth-order valence-electron chi connectivity index (χ4n) is 1.67. The second kappa shape index (κ2) is 6.19. The summed E-state index contributed by atoms with van der Waals surface area (Å²) in [5, 5.41) is 18.4. The third-order valence-electron chi connectivity index (χ3n) is 2.66. The van der Waals surface area contributed by atoms with Gasteiger partial charge in [0.2, 0.25) is 0 Å². The van der Waals surface area contributed by atoms with E-state index in [-0.39, 0.29) is 28.9 Å². The summed E-state index contributed by atoms with van der Waals surface area (Å²) in [5.74, 6) is 0.00330. The Morgan fingerprint density at radius 3 is 2.90 bits per heavy atom. The molecule has 0 aliphatic carbocycles. The highest BCUT2D eigenvalue weighted by atomic mass is 35.5. The molecule has 8 heteroatoms. The van der Waals surface area contributed by atoms with Crippen molar-refractivity contribution in [1.29, 1.82) is 5.41 Å². The van der Waals surface area contributed by atoms with Crippen molar-refractivity contribution in [1.82, 2.24) is 4.98 Å². The Bertz CT molecular complexity index is 706. The molecule has 108 valence electrons. The van der Waals surface area contributed by atoms with Crippen LogP contribution in [0.1, 0.15) is 11.3 Å². The lowest BCUT2D eigenvalue weighted by atomic mass is 10.2. The minimum atomic E-state index is -0.533. The van der Waals surface area contributed by atoms with Crippen LogP contribution >= 0.6 is 11.6 Å². The van der Waals surface area contributed by atoms with Crippen LogP contribution in [0.15, 0.2) is 36.5 Å². The molecule has 3 N–H and O–H groups in total. The van der Waals surface area contributed by atoms with Gasteiger partial charge in [-0.15, -0.1) is 0 Å². The van der Waals surface area contributed by atoms with E-state index in [9.17, 15) is 10.1 Å². The molecule has 21 heavy (non-hydrogen) atoms. The van der Waals surface area contributed by atoms with Crippen LogP contribution < -0.4 is 10.5 Å². The fourth-order valence-corrected chi connectivity index (χ4v) is 1.84. The number of aromatic nitrogens is 1. The molecule has 0 aliphatic heterocycles. The van der Waals surface area contributed by atoms with E-state index in [0.29, 0.717) is 11.3 Å². The van der Waals surface area contributed by atoms with E-state index >= 15 is 0 Å². The van der Waals surface area contributed by atoms with Crippen LogP contribution in [0.5, 0.6) is 5.75 Å². The molecular formula is C13H11ClN4O3. The molecule has 0 saturated carbocycles. The van der Waals surface area contributed by atoms with Crippen LogP contribution in [-0.4, -0.2) is 15.7 Å². The number of ether oxygens (including phenoxy) is 1. The lowest BCUT2D eigenvalue weighted by Crippen LogP contribution is -2.16. The van der Waals surface area contributed by atoms with Crippen LogP contribution in [0.3, 0.4) is 0 Å². The van der Waals surface area contributed by atoms with E-state index in [0.717, 1.165) is 0 Å². The van der Waals surface area contributed by atoms with Crippen LogP contribution in [0.2, 0.25) is 5.02 Å². The van der Waals surface area contributed by atoms with Gasteiger partial charge in [0.15, 0.2) is 0 Å². The molecule has 0 bridgehead atoms. The van der Waals surface area contributed by atoms with Gasteiger partial charge in [0.25, 0.3) is 5.69 Å². The normalized spacial score (nSPS) is 10.1. The Balaban J connectivity index is 2.22. The first kappa shape index (κ1) is 14.7. The Hall–Kier alpha value is -2.67. The summed E-state index contributed by atoms with van der Waals surface area (Å²) in [6.07, 6.45) is 1.51. The Morgan fingerprint density at radius 2 is 2.24 bits per heavy atom. The largest absolute Gasteiger partial charge is 0.487 e. The number of nitrogen functional groups attached to an aromatic ring is 1. The molecular weight excluding hydrogens is 296 g/mol. The summed E-state index contributed by atoms with van der Waals surface area (Å²) in [5.41, 5.74) is 6.20. The number of nitrogens with two attached hydrogens (primary N) is 1. The van der Waals surface area contributed by atoms with Crippen molar-refractivity contribution in [2.24, 2.45) is 5.73 Å². The minimum absolute atomic E-state index is 0.0453. The Morgan fingerprint density at radius 1 is 1.48 bits per heavy atom. The quantitative estimate of drug-likeness (QED) is 0.381. The summed E-state index contributed by atoms with van der Waals surface area (Å²) in [4.78, 5) is 14.2. The van der Waals surface area contributed by atoms with Crippen molar-refractivity contribution in [2.45, 2.75) is 6.61 Å². The van der Waals surface area contributed by atoms with Crippen LogP contribution in [0.4, 0.5) is 5.69 Å². The summed E-state index contributed by atoms with van der Waals surface area (Å²) in [6, 6.07) is 7.31. The number of nitro groups is 1. The van der Waals surface area contributed by atoms with Crippen molar-refractivity contribution in [2.75, 3.05) is 0 Å². The summed E-state index contributed by atoms with van der Waals surface area (Å²) in [6.45, 7) is 0.0453.